The maximum atomic E-state index is 12.1. The Balaban J connectivity index is 1.96. The standard InChI is InChI=1S/C17H25NO4/c1-3-18-9-7-13(8-10-18)16(17(20)21-2)12-22-15-6-4-5-14(19)11-15/h4-6,11,13,16,19H,3,7-10,12H2,1-2H3. The Morgan fingerprint density at radius 1 is 1.41 bits per heavy atom. The van der Waals surface area contributed by atoms with Crippen LogP contribution >= 0.6 is 0 Å². The maximum Gasteiger partial charge on any atom is 0.312 e. The molecule has 122 valence electrons. The Bertz CT molecular complexity index is 483. The van der Waals surface area contributed by atoms with Crippen LogP contribution in [0, 0.1) is 11.8 Å². The topological polar surface area (TPSA) is 59.0 Å². The van der Waals surface area contributed by atoms with E-state index in [1.54, 1.807) is 24.3 Å². The van der Waals surface area contributed by atoms with Gasteiger partial charge in [0.05, 0.1) is 13.0 Å². The lowest BCUT2D eigenvalue weighted by molar-refractivity contribution is -0.149. The van der Waals surface area contributed by atoms with Crippen molar-refractivity contribution >= 4 is 5.97 Å². The molecule has 0 bridgehead atoms. The molecular weight excluding hydrogens is 282 g/mol. The Labute approximate surface area is 131 Å². The number of ether oxygens (including phenoxy) is 2. The molecule has 1 N–H and O–H groups in total. The molecule has 0 amide bonds. The molecule has 22 heavy (non-hydrogen) atoms. The molecule has 2 rings (SSSR count). The molecule has 1 saturated heterocycles. The molecule has 1 aromatic rings. The Morgan fingerprint density at radius 3 is 2.73 bits per heavy atom. The molecule has 1 atom stereocenters. The van der Waals surface area contributed by atoms with E-state index in [0.29, 0.717) is 5.75 Å². The molecule has 5 heteroatoms. The second-order valence-electron chi connectivity index (χ2n) is 5.71. The van der Waals surface area contributed by atoms with Gasteiger partial charge < -0.3 is 19.5 Å². The first-order valence-electron chi connectivity index (χ1n) is 7.86. The van der Waals surface area contributed by atoms with Crippen molar-refractivity contribution in [2.75, 3.05) is 33.4 Å². The first-order valence-corrected chi connectivity index (χ1v) is 7.86. The van der Waals surface area contributed by atoms with E-state index in [2.05, 4.69) is 11.8 Å². The molecule has 1 aliphatic rings. The lowest BCUT2D eigenvalue weighted by Gasteiger charge is -2.34. The highest BCUT2D eigenvalue weighted by molar-refractivity contribution is 5.72. The second kappa shape index (κ2) is 8.03. The summed E-state index contributed by atoms with van der Waals surface area (Å²) in [4.78, 5) is 14.5. The molecule has 1 heterocycles. The summed E-state index contributed by atoms with van der Waals surface area (Å²) in [5, 5.41) is 9.46. The maximum absolute atomic E-state index is 12.1. The lowest BCUT2D eigenvalue weighted by atomic mass is 9.84. The number of hydrogen-bond acceptors (Lipinski definition) is 5. The van der Waals surface area contributed by atoms with E-state index < -0.39 is 0 Å². The minimum absolute atomic E-state index is 0.156. The molecule has 0 saturated carbocycles. The molecule has 1 aromatic carbocycles. The highest BCUT2D eigenvalue weighted by Gasteiger charge is 2.32. The van der Waals surface area contributed by atoms with E-state index in [1.807, 2.05) is 0 Å². The molecule has 1 aliphatic heterocycles. The number of methoxy groups -OCH3 is 1. The summed E-state index contributed by atoms with van der Waals surface area (Å²) in [5.74, 6) is 0.539. The highest BCUT2D eigenvalue weighted by Crippen LogP contribution is 2.27. The fraction of sp³-hybridized carbons (Fsp3) is 0.588. The number of piperidine rings is 1. The first-order chi connectivity index (χ1) is 10.6. The summed E-state index contributed by atoms with van der Waals surface area (Å²) in [7, 11) is 1.42. The van der Waals surface area contributed by atoms with Gasteiger partial charge in [0.2, 0.25) is 0 Å². The summed E-state index contributed by atoms with van der Waals surface area (Å²) in [5.41, 5.74) is 0. The molecule has 5 nitrogen and oxygen atoms in total. The number of rotatable bonds is 6. The quantitative estimate of drug-likeness (QED) is 0.817. The SMILES string of the molecule is CCN1CCC(C(COc2cccc(O)c2)C(=O)OC)CC1. The molecule has 1 unspecified atom stereocenters. The molecular formula is C17H25NO4. The Kier molecular flexibility index (Phi) is 6.07. The van der Waals surface area contributed by atoms with Gasteiger partial charge in [0.25, 0.3) is 0 Å². The van der Waals surface area contributed by atoms with E-state index in [4.69, 9.17) is 9.47 Å². The van der Waals surface area contributed by atoms with Crippen LogP contribution in [-0.4, -0.2) is 49.3 Å². The van der Waals surface area contributed by atoms with Gasteiger partial charge in [-0.25, -0.2) is 0 Å². The number of nitrogens with zero attached hydrogens (tertiary/aromatic N) is 1. The van der Waals surface area contributed by atoms with E-state index >= 15 is 0 Å². The van der Waals surface area contributed by atoms with Crippen LogP contribution in [0.25, 0.3) is 0 Å². The summed E-state index contributed by atoms with van der Waals surface area (Å²) in [6.07, 6.45) is 1.97. The molecule has 0 aliphatic carbocycles. The van der Waals surface area contributed by atoms with Crippen LogP contribution in [0.15, 0.2) is 24.3 Å². The Hall–Kier alpha value is -1.75. The van der Waals surface area contributed by atoms with E-state index in [1.165, 1.54) is 7.11 Å². The average Bonchev–Trinajstić information content (AvgIpc) is 2.55. The van der Waals surface area contributed by atoms with Crippen molar-refractivity contribution in [3.8, 4) is 11.5 Å². The van der Waals surface area contributed by atoms with Crippen molar-refractivity contribution < 1.29 is 19.4 Å². The number of phenolic OH excluding ortho intramolecular Hbond substituents is 1. The predicted octanol–water partition coefficient (Wildman–Crippen LogP) is 2.29. The summed E-state index contributed by atoms with van der Waals surface area (Å²) in [6.45, 7) is 5.52. The van der Waals surface area contributed by atoms with Crippen molar-refractivity contribution in [2.45, 2.75) is 19.8 Å². The zero-order chi connectivity index (χ0) is 15.9. The number of benzene rings is 1. The van der Waals surface area contributed by atoms with Crippen molar-refractivity contribution in [1.29, 1.82) is 0 Å². The normalized spacial score (nSPS) is 17.9. The van der Waals surface area contributed by atoms with Crippen LogP contribution < -0.4 is 4.74 Å². The van der Waals surface area contributed by atoms with Crippen molar-refractivity contribution in [1.82, 2.24) is 4.90 Å². The van der Waals surface area contributed by atoms with Crippen LogP contribution in [0.5, 0.6) is 11.5 Å². The smallest absolute Gasteiger partial charge is 0.312 e. The van der Waals surface area contributed by atoms with E-state index in [0.717, 1.165) is 32.5 Å². The van der Waals surface area contributed by atoms with Gasteiger partial charge in [0.15, 0.2) is 0 Å². The van der Waals surface area contributed by atoms with Crippen molar-refractivity contribution in [2.24, 2.45) is 11.8 Å². The zero-order valence-corrected chi connectivity index (χ0v) is 13.3. The number of carbonyl (C=O) groups excluding carboxylic acids is 1. The van der Waals surface area contributed by atoms with Crippen LogP contribution in [0.3, 0.4) is 0 Å². The van der Waals surface area contributed by atoms with Crippen LogP contribution in [0.1, 0.15) is 19.8 Å². The fourth-order valence-corrected chi connectivity index (χ4v) is 2.98. The number of hydrogen-bond donors (Lipinski definition) is 1. The average molecular weight is 307 g/mol. The zero-order valence-electron chi connectivity index (χ0n) is 13.3. The van der Waals surface area contributed by atoms with E-state index in [-0.39, 0.29) is 30.2 Å². The minimum Gasteiger partial charge on any atom is -0.508 e. The van der Waals surface area contributed by atoms with Crippen molar-refractivity contribution in [3.63, 3.8) is 0 Å². The number of aromatic hydroxyl groups is 1. The summed E-state index contributed by atoms with van der Waals surface area (Å²) in [6, 6.07) is 6.63. The van der Waals surface area contributed by atoms with Gasteiger partial charge in [-0.3, -0.25) is 4.79 Å². The number of phenols is 1. The Morgan fingerprint density at radius 2 is 2.14 bits per heavy atom. The van der Waals surface area contributed by atoms with Gasteiger partial charge in [0, 0.05) is 6.07 Å². The van der Waals surface area contributed by atoms with Gasteiger partial charge in [-0.1, -0.05) is 13.0 Å². The third kappa shape index (κ3) is 4.37. The highest BCUT2D eigenvalue weighted by atomic mass is 16.5. The third-order valence-electron chi connectivity index (χ3n) is 4.40. The number of carbonyl (C=O) groups is 1. The van der Waals surface area contributed by atoms with Gasteiger partial charge >= 0.3 is 5.97 Å². The largest absolute Gasteiger partial charge is 0.508 e. The molecule has 1 fully saturated rings. The number of likely N-dealkylation sites (tertiary alicyclic amines) is 1. The van der Waals surface area contributed by atoms with E-state index in [9.17, 15) is 9.90 Å². The van der Waals surface area contributed by atoms with Crippen LogP contribution in [0.4, 0.5) is 0 Å². The summed E-state index contributed by atoms with van der Waals surface area (Å²) >= 11 is 0. The molecule has 0 spiro atoms. The van der Waals surface area contributed by atoms with Gasteiger partial charge in [-0.2, -0.15) is 0 Å². The fourth-order valence-electron chi connectivity index (χ4n) is 2.98. The monoisotopic (exact) mass is 307 g/mol. The number of esters is 1. The van der Waals surface area contributed by atoms with Crippen molar-refractivity contribution in [3.05, 3.63) is 24.3 Å². The molecule has 0 radical (unpaired) electrons. The van der Waals surface area contributed by atoms with Crippen LogP contribution in [0.2, 0.25) is 0 Å². The minimum atomic E-state index is -0.258. The molecule has 0 aromatic heterocycles. The second-order valence-corrected chi connectivity index (χ2v) is 5.71. The van der Waals surface area contributed by atoms with Crippen LogP contribution in [-0.2, 0) is 9.53 Å². The van der Waals surface area contributed by atoms with Gasteiger partial charge in [0.1, 0.15) is 18.1 Å². The summed E-state index contributed by atoms with van der Waals surface area (Å²) < 4.78 is 10.7. The lowest BCUT2D eigenvalue weighted by Crippen LogP contribution is -2.40. The first kappa shape index (κ1) is 16.6. The van der Waals surface area contributed by atoms with Gasteiger partial charge in [-0.05, 0) is 50.5 Å². The third-order valence-corrected chi connectivity index (χ3v) is 4.40. The van der Waals surface area contributed by atoms with Gasteiger partial charge in [-0.15, -0.1) is 0 Å². The predicted molar refractivity (Wildman–Crippen MR) is 83.9 cm³/mol.